The van der Waals surface area contributed by atoms with Crippen molar-refractivity contribution in [3.8, 4) is 0 Å². The van der Waals surface area contributed by atoms with E-state index in [9.17, 15) is 0 Å². The highest BCUT2D eigenvalue weighted by molar-refractivity contribution is 4.93. The molecule has 20 heavy (non-hydrogen) atoms. The molecular weight excluding hydrogens is 244 g/mol. The Balaban J connectivity index is 1.99. The first-order chi connectivity index (χ1) is 9.30. The van der Waals surface area contributed by atoms with E-state index in [4.69, 9.17) is 0 Å². The Morgan fingerprint density at radius 3 is 2.55 bits per heavy atom. The molecule has 0 aromatic heterocycles. The third-order valence-electron chi connectivity index (χ3n) is 5.39. The zero-order chi connectivity index (χ0) is 14.8. The van der Waals surface area contributed by atoms with Crippen molar-refractivity contribution >= 4 is 0 Å². The van der Waals surface area contributed by atoms with Crippen LogP contribution in [0.15, 0.2) is 0 Å². The van der Waals surface area contributed by atoms with Gasteiger partial charge in [-0.05, 0) is 42.6 Å². The second kappa shape index (κ2) is 6.36. The molecule has 1 aliphatic heterocycles. The molecule has 2 heteroatoms. The van der Waals surface area contributed by atoms with Crippen LogP contribution in [0.25, 0.3) is 0 Å². The SMILES string of the molecule is CC1CCCC(CNC(C)C)(CN2CCC(C)(C)C2)C1. The fourth-order valence-corrected chi connectivity index (χ4v) is 4.38. The maximum atomic E-state index is 3.74. The Kier molecular flexibility index (Phi) is 5.18. The average molecular weight is 280 g/mol. The fourth-order valence-electron chi connectivity index (χ4n) is 4.38. The maximum absolute atomic E-state index is 3.74. The molecule has 2 fully saturated rings. The number of likely N-dealkylation sites (tertiary alicyclic amines) is 1. The molecular formula is C18H36N2. The summed E-state index contributed by atoms with van der Waals surface area (Å²) in [5.41, 5.74) is 1.06. The van der Waals surface area contributed by atoms with Crippen LogP contribution in [-0.2, 0) is 0 Å². The molecule has 0 amide bonds. The molecule has 1 N–H and O–H groups in total. The van der Waals surface area contributed by atoms with E-state index in [2.05, 4.69) is 44.8 Å². The van der Waals surface area contributed by atoms with Gasteiger partial charge >= 0.3 is 0 Å². The Morgan fingerprint density at radius 1 is 1.25 bits per heavy atom. The van der Waals surface area contributed by atoms with Gasteiger partial charge in [0.2, 0.25) is 0 Å². The second-order valence-corrected chi connectivity index (χ2v) is 8.86. The van der Waals surface area contributed by atoms with Crippen LogP contribution in [0.1, 0.15) is 66.7 Å². The lowest BCUT2D eigenvalue weighted by Crippen LogP contribution is -2.47. The van der Waals surface area contributed by atoms with E-state index in [1.807, 2.05) is 0 Å². The summed E-state index contributed by atoms with van der Waals surface area (Å²) in [6, 6.07) is 0.610. The molecule has 1 saturated heterocycles. The lowest BCUT2D eigenvalue weighted by Gasteiger charge is -2.43. The van der Waals surface area contributed by atoms with E-state index in [1.165, 1.54) is 58.3 Å². The molecule has 2 unspecified atom stereocenters. The van der Waals surface area contributed by atoms with Crippen LogP contribution >= 0.6 is 0 Å². The van der Waals surface area contributed by atoms with Gasteiger partial charge in [-0.2, -0.15) is 0 Å². The van der Waals surface area contributed by atoms with Crippen LogP contribution < -0.4 is 5.32 Å². The summed E-state index contributed by atoms with van der Waals surface area (Å²) in [5, 5.41) is 3.74. The molecule has 0 aromatic rings. The summed E-state index contributed by atoms with van der Waals surface area (Å²) in [6.45, 7) is 17.0. The van der Waals surface area contributed by atoms with Gasteiger partial charge in [0.1, 0.15) is 0 Å². The van der Waals surface area contributed by atoms with E-state index in [0.29, 0.717) is 16.9 Å². The minimum atomic E-state index is 0.530. The van der Waals surface area contributed by atoms with E-state index >= 15 is 0 Å². The van der Waals surface area contributed by atoms with E-state index < -0.39 is 0 Å². The number of nitrogens with one attached hydrogen (secondary N) is 1. The zero-order valence-corrected chi connectivity index (χ0v) is 14.5. The number of rotatable bonds is 5. The molecule has 1 heterocycles. The average Bonchev–Trinajstić information content (AvgIpc) is 2.66. The van der Waals surface area contributed by atoms with Gasteiger partial charge in [0.05, 0.1) is 0 Å². The lowest BCUT2D eigenvalue weighted by atomic mass is 9.69. The van der Waals surface area contributed by atoms with Crippen LogP contribution in [0, 0.1) is 16.7 Å². The van der Waals surface area contributed by atoms with Gasteiger partial charge in [-0.1, -0.05) is 47.5 Å². The van der Waals surface area contributed by atoms with Crippen molar-refractivity contribution in [2.24, 2.45) is 16.7 Å². The Morgan fingerprint density at radius 2 is 2.00 bits per heavy atom. The normalized spacial score (nSPS) is 34.8. The van der Waals surface area contributed by atoms with Crippen molar-refractivity contribution in [1.82, 2.24) is 10.2 Å². The smallest absolute Gasteiger partial charge is 0.00505 e. The molecule has 0 aromatic carbocycles. The van der Waals surface area contributed by atoms with Crippen molar-refractivity contribution in [3.05, 3.63) is 0 Å². The minimum Gasteiger partial charge on any atom is -0.314 e. The lowest BCUT2D eigenvalue weighted by molar-refractivity contribution is 0.0847. The van der Waals surface area contributed by atoms with Crippen LogP contribution in [0.3, 0.4) is 0 Å². The molecule has 0 spiro atoms. The Labute approximate surface area is 126 Å². The third kappa shape index (κ3) is 4.46. The third-order valence-corrected chi connectivity index (χ3v) is 5.39. The largest absolute Gasteiger partial charge is 0.314 e. The molecule has 2 aliphatic rings. The molecule has 0 radical (unpaired) electrons. The van der Waals surface area contributed by atoms with Crippen LogP contribution in [0.2, 0.25) is 0 Å². The first kappa shape index (κ1) is 16.3. The van der Waals surface area contributed by atoms with Crippen molar-refractivity contribution in [2.45, 2.75) is 72.8 Å². The predicted molar refractivity (Wildman–Crippen MR) is 88.0 cm³/mol. The van der Waals surface area contributed by atoms with Crippen LogP contribution in [0.4, 0.5) is 0 Å². The van der Waals surface area contributed by atoms with Gasteiger partial charge in [-0.15, -0.1) is 0 Å². The summed E-state index contributed by atoms with van der Waals surface area (Å²) in [5.74, 6) is 0.910. The number of nitrogens with zero attached hydrogens (tertiary/aromatic N) is 1. The quantitative estimate of drug-likeness (QED) is 0.821. The molecule has 1 aliphatic carbocycles. The minimum absolute atomic E-state index is 0.530. The second-order valence-electron chi connectivity index (χ2n) is 8.86. The van der Waals surface area contributed by atoms with Crippen molar-refractivity contribution in [1.29, 1.82) is 0 Å². The summed E-state index contributed by atoms with van der Waals surface area (Å²) < 4.78 is 0. The van der Waals surface area contributed by atoms with Crippen LogP contribution in [-0.4, -0.2) is 37.1 Å². The van der Waals surface area contributed by atoms with Gasteiger partial charge in [-0.3, -0.25) is 0 Å². The van der Waals surface area contributed by atoms with Crippen molar-refractivity contribution < 1.29 is 0 Å². The van der Waals surface area contributed by atoms with E-state index in [1.54, 1.807) is 0 Å². The van der Waals surface area contributed by atoms with Gasteiger partial charge in [0.25, 0.3) is 0 Å². The van der Waals surface area contributed by atoms with Crippen molar-refractivity contribution in [2.75, 3.05) is 26.2 Å². The predicted octanol–water partition coefficient (Wildman–Crippen LogP) is 3.91. The summed E-state index contributed by atoms with van der Waals surface area (Å²) in [4.78, 5) is 2.75. The standard InChI is InChI=1S/C18H36N2/c1-15(2)19-12-18(8-6-7-16(3)11-18)14-20-10-9-17(4,5)13-20/h15-16,19H,6-14H2,1-5H3. The van der Waals surface area contributed by atoms with E-state index in [0.717, 1.165) is 5.92 Å². The topological polar surface area (TPSA) is 15.3 Å². The highest BCUT2D eigenvalue weighted by atomic mass is 15.2. The van der Waals surface area contributed by atoms with Crippen LogP contribution in [0.5, 0.6) is 0 Å². The Hall–Kier alpha value is -0.0800. The molecule has 0 bridgehead atoms. The Bertz CT molecular complexity index is 311. The first-order valence-corrected chi connectivity index (χ1v) is 8.76. The monoisotopic (exact) mass is 280 g/mol. The number of hydrogen-bond donors (Lipinski definition) is 1. The highest BCUT2D eigenvalue weighted by Gasteiger charge is 2.39. The number of hydrogen-bond acceptors (Lipinski definition) is 2. The summed E-state index contributed by atoms with van der Waals surface area (Å²) >= 11 is 0. The van der Waals surface area contributed by atoms with Gasteiger partial charge in [0.15, 0.2) is 0 Å². The van der Waals surface area contributed by atoms with Gasteiger partial charge < -0.3 is 10.2 Å². The summed E-state index contributed by atoms with van der Waals surface area (Å²) in [6.07, 6.45) is 7.08. The molecule has 2 atom stereocenters. The molecule has 118 valence electrons. The van der Waals surface area contributed by atoms with Gasteiger partial charge in [0, 0.05) is 25.7 Å². The fraction of sp³-hybridized carbons (Fsp3) is 1.00. The molecule has 1 saturated carbocycles. The molecule has 2 nitrogen and oxygen atoms in total. The van der Waals surface area contributed by atoms with Gasteiger partial charge in [-0.25, -0.2) is 0 Å². The van der Waals surface area contributed by atoms with Crippen molar-refractivity contribution in [3.63, 3.8) is 0 Å². The maximum Gasteiger partial charge on any atom is 0.00505 e. The zero-order valence-electron chi connectivity index (χ0n) is 14.5. The summed E-state index contributed by atoms with van der Waals surface area (Å²) in [7, 11) is 0. The molecule has 2 rings (SSSR count). The van der Waals surface area contributed by atoms with E-state index in [-0.39, 0.29) is 0 Å². The first-order valence-electron chi connectivity index (χ1n) is 8.76. The highest BCUT2D eigenvalue weighted by Crippen LogP contribution is 2.41.